The van der Waals surface area contributed by atoms with Crippen LogP contribution in [0.3, 0.4) is 0 Å². The second-order valence-corrected chi connectivity index (χ2v) is 5.69. The van der Waals surface area contributed by atoms with Crippen LogP contribution in [0.1, 0.15) is 26.3 Å². The molecule has 130 valence electrons. The summed E-state index contributed by atoms with van der Waals surface area (Å²) >= 11 is 0. The molecule has 3 rings (SSSR count). The maximum absolute atomic E-state index is 12.4. The Kier molecular flexibility index (Phi) is 5.29. The van der Waals surface area contributed by atoms with Crippen molar-refractivity contribution >= 4 is 11.8 Å². The van der Waals surface area contributed by atoms with Crippen LogP contribution in [-0.4, -0.2) is 11.8 Å². The average molecular weight is 346 g/mol. The lowest BCUT2D eigenvalue weighted by Crippen LogP contribution is -2.23. The Morgan fingerprint density at radius 3 is 2.27 bits per heavy atom. The number of benzene rings is 3. The molecule has 0 unspecified atom stereocenters. The van der Waals surface area contributed by atoms with Crippen molar-refractivity contribution in [3.63, 3.8) is 0 Å². The van der Waals surface area contributed by atoms with Crippen LogP contribution in [0.2, 0.25) is 0 Å². The first-order valence-electron chi connectivity index (χ1n) is 8.12. The van der Waals surface area contributed by atoms with Crippen LogP contribution in [0.15, 0.2) is 78.9 Å². The molecule has 3 aromatic rings. The zero-order valence-electron chi connectivity index (χ0n) is 14.0. The van der Waals surface area contributed by atoms with E-state index in [1.54, 1.807) is 42.5 Å². The van der Waals surface area contributed by atoms with Gasteiger partial charge in [-0.1, -0.05) is 36.4 Å². The number of rotatable bonds is 6. The van der Waals surface area contributed by atoms with Crippen molar-refractivity contribution in [2.75, 3.05) is 0 Å². The number of nitrogens with two attached hydrogens (primary N) is 1. The minimum atomic E-state index is -0.496. The molecule has 3 aromatic carbocycles. The Labute approximate surface area is 151 Å². The van der Waals surface area contributed by atoms with Crippen LogP contribution in [0.4, 0.5) is 0 Å². The summed E-state index contributed by atoms with van der Waals surface area (Å²) in [5.74, 6) is 0.560. The highest BCUT2D eigenvalue weighted by Crippen LogP contribution is 2.21. The number of amides is 2. The van der Waals surface area contributed by atoms with Gasteiger partial charge < -0.3 is 15.8 Å². The summed E-state index contributed by atoms with van der Waals surface area (Å²) in [5, 5.41) is 2.83. The molecule has 5 heteroatoms. The zero-order valence-corrected chi connectivity index (χ0v) is 14.0. The van der Waals surface area contributed by atoms with E-state index in [1.165, 1.54) is 0 Å². The van der Waals surface area contributed by atoms with Gasteiger partial charge in [0.25, 0.3) is 5.91 Å². The Hall–Kier alpha value is -3.60. The Bertz CT molecular complexity index is 923. The quantitative estimate of drug-likeness (QED) is 0.717. The molecular weight excluding hydrogens is 328 g/mol. The minimum absolute atomic E-state index is 0.229. The summed E-state index contributed by atoms with van der Waals surface area (Å²) in [6, 6.07) is 23.2. The van der Waals surface area contributed by atoms with Crippen molar-refractivity contribution in [2.24, 2.45) is 5.73 Å². The summed E-state index contributed by atoms with van der Waals surface area (Å²) in [6.07, 6.45) is 0. The van der Waals surface area contributed by atoms with E-state index in [1.807, 2.05) is 36.4 Å². The minimum Gasteiger partial charge on any atom is -0.457 e. The number of carbonyl (C=O) groups is 2. The fraction of sp³-hybridized carbons (Fsp3) is 0.0476. The van der Waals surface area contributed by atoms with Crippen molar-refractivity contribution < 1.29 is 14.3 Å². The van der Waals surface area contributed by atoms with Crippen molar-refractivity contribution in [2.45, 2.75) is 6.54 Å². The molecule has 0 aliphatic rings. The van der Waals surface area contributed by atoms with Gasteiger partial charge in [-0.15, -0.1) is 0 Å². The zero-order chi connectivity index (χ0) is 18.4. The molecule has 0 fully saturated rings. The topological polar surface area (TPSA) is 81.4 Å². The van der Waals surface area contributed by atoms with Gasteiger partial charge in [0.2, 0.25) is 5.91 Å². The largest absolute Gasteiger partial charge is 0.457 e. The van der Waals surface area contributed by atoms with Gasteiger partial charge in [0.15, 0.2) is 0 Å². The monoisotopic (exact) mass is 346 g/mol. The Balaban J connectivity index is 1.65. The van der Waals surface area contributed by atoms with E-state index >= 15 is 0 Å². The van der Waals surface area contributed by atoms with E-state index in [2.05, 4.69) is 5.32 Å². The predicted molar refractivity (Wildman–Crippen MR) is 99.1 cm³/mol. The van der Waals surface area contributed by atoms with Gasteiger partial charge in [-0.05, 0) is 48.0 Å². The van der Waals surface area contributed by atoms with Gasteiger partial charge in [0.1, 0.15) is 11.5 Å². The van der Waals surface area contributed by atoms with Gasteiger partial charge in [-0.3, -0.25) is 9.59 Å². The van der Waals surface area contributed by atoms with E-state index < -0.39 is 5.91 Å². The highest BCUT2D eigenvalue weighted by atomic mass is 16.5. The van der Waals surface area contributed by atoms with Gasteiger partial charge in [0.05, 0.1) is 0 Å². The van der Waals surface area contributed by atoms with Crippen molar-refractivity contribution in [3.8, 4) is 11.5 Å². The maximum atomic E-state index is 12.4. The first-order valence-corrected chi connectivity index (χ1v) is 8.12. The number of primary amides is 1. The molecule has 0 saturated heterocycles. The van der Waals surface area contributed by atoms with Crippen LogP contribution in [-0.2, 0) is 6.54 Å². The summed E-state index contributed by atoms with van der Waals surface area (Å²) in [7, 11) is 0. The Morgan fingerprint density at radius 2 is 1.50 bits per heavy atom. The summed E-state index contributed by atoms with van der Waals surface area (Å²) in [4.78, 5) is 23.6. The molecule has 26 heavy (non-hydrogen) atoms. The molecule has 5 nitrogen and oxygen atoms in total. The fourth-order valence-corrected chi connectivity index (χ4v) is 2.44. The third kappa shape index (κ3) is 4.48. The van der Waals surface area contributed by atoms with E-state index in [4.69, 9.17) is 10.5 Å². The smallest absolute Gasteiger partial charge is 0.251 e. The predicted octanol–water partition coefficient (Wildman–Crippen LogP) is 3.51. The van der Waals surface area contributed by atoms with Crippen LogP contribution in [0.5, 0.6) is 11.5 Å². The molecule has 0 atom stereocenters. The summed E-state index contributed by atoms with van der Waals surface area (Å²) < 4.78 is 5.74. The lowest BCUT2D eigenvalue weighted by molar-refractivity contribution is 0.0950. The number of nitrogens with one attached hydrogen (secondary N) is 1. The number of para-hydroxylation sites is 1. The first kappa shape index (κ1) is 17.2. The molecule has 0 radical (unpaired) electrons. The third-order valence-corrected chi connectivity index (χ3v) is 3.74. The second-order valence-electron chi connectivity index (χ2n) is 5.69. The number of carbonyl (C=O) groups excluding carboxylic acids is 2. The SMILES string of the molecule is NC(=O)c1cccc(CNC(=O)c2cccc(Oc3ccccc3)c2)c1. The lowest BCUT2D eigenvalue weighted by atomic mass is 10.1. The maximum Gasteiger partial charge on any atom is 0.251 e. The molecule has 0 aromatic heterocycles. The molecule has 0 aliphatic heterocycles. The van der Waals surface area contributed by atoms with Crippen molar-refractivity contribution in [1.29, 1.82) is 0 Å². The normalized spacial score (nSPS) is 10.2. The summed E-state index contributed by atoms with van der Waals surface area (Å²) in [6.45, 7) is 0.295. The summed E-state index contributed by atoms with van der Waals surface area (Å²) in [5.41, 5.74) is 6.97. The standard InChI is InChI=1S/C21H18N2O3/c22-20(24)16-7-4-6-15(12-16)14-23-21(25)17-8-5-11-19(13-17)26-18-9-2-1-3-10-18/h1-13H,14H2,(H2,22,24)(H,23,25). The van der Waals surface area contributed by atoms with Crippen LogP contribution in [0.25, 0.3) is 0 Å². The fourth-order valence-electron chi connectivity index (χ4n) is 2.44. The van der Waals surface area contributed by atoms with Gasteiger partial charge in [0, 0.05) is 17.7 Å². The molecule has 0 heterocycles. The highest BCUT2D eigenvalue weighted by molar-refractivity contribution is 5.95. The van der Waals surface area contributed by atoms with E-state index in [9.17, 15) is 9.59 Å². The highest BCUT2D eigenvalue weighted by Gasteiger charge is 2.08. The number of ether oxygens (including phenoxy) is 1. The van der Waals surface area contributed by atoms with Crippen molar-refractivity contribution in [1.82, 2.24) is 5.32 Å². The van der Waals surface area contributed by atoms with Crippen LogP contribution in [0, 0.1) is 0 Å². The third-order valence-electron chi connectivity index (χ3n) is 3.74. The van der Waals surface area contributed by atoms with Crippen molar-refractivity contribution in [3.05, 3.63) is 95.6 Å². The van der Waals surface area contributed by atoms with E-state index in [-0.39, 0.29) is 5.91 Å². The van der Waals surface area contributed by atoms with Gasteiger partial charge in [-0.2, -0.15) is 0 Å². The van der Waals surface area contributed by atoms with Crippen LogP contribution >= 0.6 is 0 Å². The molecule has 0 aliphatic carbocycles. The average Bonchev–Trinajstić information content (AvgIpc) is 2.67. The molecule has 0 saturated carbocycles. The first-order chi connectivity index (χ1) is 12.6. The van der Waals surface area contributed by atoms with Gasteiger partial charge in [-0.25, -0.2) is 0 Å². The molecule has 0 spiro atoms. The molecular formula is C21H18N2O3. The van der Waals surface area contributed by atoms with Crippen LogP contribution < -0.4 is 15.8 Å². The van der Waals surface area contributed by atoms with Gasteiger partial charge >= 0.3 is 0 Å². The number of hydrogen-bond acceptors (Lipinski definition) is 3. The Morgan fingerprint density at radius 1 is 0.808 bits per heavy atom. The number of hydrogen-bond donors (Lipinski definition) is 2. The molecule has 3 N–H and O–H groups in total. The molecule has 2 amide bonds. The second kappa shape index (κ2) is 7.98. The van der Waals surface area contributed by atoms with E-state index in [0.717, 1.165) is 5.56 Å². The lowest BCUT2D eigenvalue weighted by Gasteiger charge is -2.09. The van der Waals surface area contributed by atoms with E-state index in [0.29, 0.717) is 29.2 Å². The molecule has 0 bridgehead atoms.